The highest BCUT2D eigenvalue weighted by atomic mass is 35.5. The van der Waals surface area contributed by atoms with Crippen LogP contribution in [0.4, 0.5) is 0 Å². The lowest BCUT2D eigenvalue weighted by Crippen LogP contribution is -2.46. The van der Waals surface area contributed by atoms with E-state index < -0.39 is 5.97 Å². The molecule has 0 saturated heterocycles. The van der Waals surface area contributed by atoms with Crippen LogP contribution in [0.15, 0.2) is 41.3 Å². The number of pyridine rings is 2. The maximum atomic E-state index is 10.9. The van der Waals surface area contributed by atoms with Crippen molar-refractivity contribution in [1.29, 1.82) is 0 Å². The van der Waals surface area contributed by atoms with Crippen LogP contribution in [-0.4, -0.2) is 31.8 Å². The van der Waals surface area contributed by atoms with Gasteiger partial charge in [-0.25, -0.2) is 0 Å². The molecule has 1 N–H and O–H groups in total. The first-order chi connectivity index (χ1) is 18.4. The Morgan fingerprint density at radius 2 is 1.79 bits per heavy atom. The number of halogens is 2. The smallest absolute Gasteiger partial charge is 0.309 e. The van der Waals surface area contributed by atoms with Crippen LogP contribution in [-0.2, 0) is 22.6 Å². The predicted molar refractivity (Wildman–Crippen MR) is 144 cm³/mol. The molecule has 3 aromatic heterocycles. The highest BCUT2D eigenvalue weighted by Gasteiger charge is 2.48. The number of allylic oxidation sites excluding steroid dienone is 1. The zero-order valence-corrected chi connectivity index (χ0v) is 22.5. The Bertz CT molecular complexity index is 1340. The molecule has 0 radical (unpaired) electrons. The molecular weight excluding hydrogens is 525 g/mol. The van der Waals surface area contributed by atoms with Crippen molar-refractivity contribution in [2.45, 2.75) is 75.9 Å². The molecule has 3 aromatic rings. The summed E-state index contributed by atoms with van der Waals surface area (Å²) in [5, 5.41) is 14.2. The third-order valence-electron chi connectivity index (χ3n) is 8.42. The second kappa shape index (κ2) is 10.1. The fourth-order valence-electron chi connectivity index (χ4n) is 5.90. The van der Waals surface area contributed by atoms with Gasteiger partial charge >= 0.3 is 5.97 Å². The topological polar surface area (TPSA) is 98.3 Å². The van der Waals surface area contributed by atoms with Gasteiger partial charge in [0.15, 0.2) is 0 Å². The van der Waals surface area contributed by atoms with Crippen LogP contribution in [0, 0.1) is 5.41 Å². The average Bonchev–Trinajstić information content (AvgIpc) is 3.68. The first kappa shape index (κ1) is 25.5. The molecule has 0 unspecified atom stereocenters. The summed E-state index contributed by atoms with van der Waals surface area (Å²) in [5.74, 6) is 0.408. The number of fused-ring (bicyclic) bond motifs is 3. The molecule has 0 amide bonds. The number of nitrogens with zero attached hydrogens (tertiary/aromatic N) is 3. The van der Waals surface area contributed by atoms with Gasteiger partial charge in [0.1, 0.15) is 11.5 Å². The van der Waals surface area contributed by atoms with Gasteiger partial charge in [-0.1, -0.05) is 46.6 Å². The van der Waals surface area contributed by atoms with Crippen molar-refractivity contribution in [2.24, 2.45) is 5.41 Å². The second-order valence-corrected chi connectivity index (χ2v) is 11.8. The van der Waals surface area contributed by atoms with E-state index in [-0.39, 0.29) is 17.4 Å². The van der Waals surface area contributed by atoms with E-state index in [2.05, 4.69) is 27.3 Å². The molecule has 4 aliphatic rings. The van der Waals surface area contributed by atoms with Crippen molar-refractivity contribution in [1.82, 2.24) is 15.1 Å². The average molecular weight is 554 g/mol. The van der Waals surface area contributed by atoms with Crippen LogP contribution in [0.3, 0.4) is 0 Å². The van der Waals surface area contributed by atoms with E-state index in [1.165, 1.54) is 0 Å². The third kappa shape index (κ3) is 5.12. The lowest BCUT2D eigenvalue weighted by molar-refractivity contribution is -0.136. The van der Waals surface area contributed by atoms with Gasteiger partial charge in [-0.15, -0.1) is 0 Å². The highest BCUT2D eigenvalue weighted by Crippen LogP contribution is 2.55. The van der Waals surface area contributed by atoms with Gasteiger partial charge in [-0.3, -0.25) is 14.8 Å². The molecule has 38 heavy (non-hydrogen) atoms. The van der Waals surface area contributed by atoms with Crippen LogP contribution >= 0.6 is 23.2 Å². The standard InChI is InChI=1S/C29H29Cl2N3O4/c30-22-15-32-16-23(31)25(22)26-21(27(38-34-26)19-2-3-19)17-37-29-10-7-28(8-11-29,9-12-29)6-5-18-1-4-20(33-14-18)13-24(35)36/h1,4-6,14-16,19H,2-3,7-13,17H2,(H,35,36)/b6-5+. The van der Waals surface area contributed by atoms with E-state index in [1.807, 2.05) is 6.07 Å². The molecule has 0 spiro atoms. The van der Waals surface area contributed by atoms with Crippen LogP contribution in [0.5, 0.6) is 0 Å². The molecule has 0 aromatic carbocycles. The van der Waals surface area contributed by atoms with Crippen LogP contribution in [0.1, 0.15) is 79.9 Å². The van der Waals surface area contributed by atoms with Gasteiger partial charge in [-0.2, -0.15) is 0 Å². The molecule has 2 bridgehead atoms. The quantitative estimate of drug-likeness (QED) is 0.297. The Balaban J connectivity index is 1.14. The first-order valence-electron chi connectivity index (χ1n) is 13.1. The Kier molecular flexibility index (Phi) is 6.79. The van der Waals surface area contributed by atoms with Gasteiger partial charge in [0, 0.05) is 35.6 Å². The molecule has 7 nitrogen and oxygen atoms in total. The second-order valence-electron chi connectivity index (χ2n) is 10.9. The molecule has 4 aliphatic carbocycles. The number of carboxylic acid groups (broad SMARTS) is 1. The molecule has 0 atom stereocenters. The molecule has 4 fully saturated rings. The third-order valence-corrected chi connectivity index (χ3v) is 9.00. The van der Waals surface area contributed by atoms with E-state index in [4.69, 9.17) is 37.6 Å². The number of hydrogen-bond donors (Lipinski definition) is 1. The molecule has 9 heteroatoms. The van der Waals surface area contributed by atoms with Crippen molar-refractivity contribution in [3.8, 4) is 11.3 Å². The zero-order chi connectivity index (χ0) is 26.3. The summed E-state index contributed by atoms with van der Waals surface area (Å²) >= 11 is 12.9. The summed E-state index contributed by atoms with van der Waals surface area (Å²) in [6.45, 7) is 0.427. The predicted octanol–water partition coefficient (Wildman–Crippen LogP) is 7.27. The monoisotopic (exact) mass is 553 g/mol. The van der Waals surface area contributed by atoms with E-state index in [0.29, 0.717) is 39.5 Å². The number of carbonyl (C=O) groups is 1. The fourth-order valence-corrected chi connectivity index (χ4v) is 6.44. The number of carboxylic acids is 1. The van der Waals surface area contributed by atoms with E-state index >= 15 is 0 Å². The van der Waals surface area contributed by atoms with E-state index in [0.717, 1.165) is 68.3 Å². The van der Waals surface area contributed by atoms with E-state index in [9.17, 15) is 4.79 Å². The minimum atomic E-state index is -0.872. The normalized spacial score (nSPS) is 24.8. The molecule has 4 saturated carbocycles. The van der Waals surface area contributed by atoms with Gasteiger partial charge in [0.2, 0.25) is 0 Å². The Morgan fingerprint density at radius 1 is 1.08 bits per heavy atom. The van der Waals surface area contributed by atoms with Gasteiger partial charge in [-0.05, 0) is 68.4 Å². The fraction of sp³-hybridized carbons (Fsp3) is 0.448. The Hall–Kier alpha value is -2.74. The first-order valence-corrected chi connectivity index (χ1v) is 13.9. The largest absolute Gasteiger partial charge is 0.481 e. The lowest BCUT2D eigenvalue weighted by atomic mass is 9.58. The highest BCUT2D eigenvalue weighted by molar-refractivity contribution is 6.38. The zero-order valence-electron chi connectivity index (χ0n) is 21.0. The number of rotatable bonds is 9. The SMILES string of the molecule is O=C(O)Cc1ccc(/C=C/C23CCC(OCc4c(-c5c(Cl)cncc5Cl)noc4C4CC4)(CC2)CC3)cn1. The van der Waals surface area contributed by atoms with Crippen LogP contribution in [0.25, 0.3) is 17.3 Å². The van der Waals surface area contributed by atoms with Gasteiger partial charge < -0.3 is 14.4 Å². The van der Waals surface area contributed by atoms with Crippen molar-refractivity contribution in [2.75, 3.05) is 0 Å². The Labute approximate surface area is 231 Å². The summed E-state index contributed by atoms with van der Waals surface area (Å²) in [7, 11) is 0. The molecule has 3 heterocycles. The van der Waals surface area contributed by atoms with Crippen molar-refractivity contribution in [3.63, 3.8) is 0 Å². The van der Waals surface area contributed by atoms with Crippen LogP contribution < -0.4 is 0 Å². The van der Waals surface area contributed by atoms with E-state index in [1.54, 1.807) is 24.7 Å². The lowest BCUT2D eigenvalue weighted by Gasteiger charge is -2.52. The summed E-state index contributed by atoms with van der Waals surface area (Å²) in [6, 6.07) is 3.72. The molecule has 0 aliphatic heterocycles. The maximum absolute atomic E-state index is 10.9. The minimum Gasteiger partial charge on any atom is -0.481 e. The molecular formula is C29H29Cl2N3O4. The minimum absolute atomic E-state index is 0.0584. The summed E-state index contributed by atoms with van der Waals surface area (Å²) in [4.78, 5) is 19.2. The number of ether oxygens (including phenoxy) is 1. The summed E-state index contributed by atoms with van der Waals surface area (Å²) < 4.78 is 12.5. The summed E-state index contributed by atoms with van der Waals surface area (Å²) in [6.07, 6.45) is 17.7. The van der Waals surface area contributed by atoms with Gasteiger partial charge in [0.25, 0.3) is 0 Å². The van der Waals surface area contributed by atoms with Gasteiger partial charge in [0.05, 0.1) is 34.4 Å². The van der Waals surface area contributed by atoms with Crippen LogP contribution in [0.2, 0.25) is 10.0 Å². The van der Waals surface area contributed by atoms with Crippen molar-refractivity contribution < 1.29 is 19.2 Å². The molecule has 198 valence electrons. The Morgan fingerprint density at radius 3 is 2.39 bits per heavy atom. The number of hydrogen-bond acceptors (Lipinski definition) is 6. The summed E-state index contributed by atoms with van der Waals surface area (Å²) in [5.41, 5.74) is 3.86. The van der Waals surface area contributed by atoms with Crippen molar-refractivity contribution >= 4 is 35.2 Å². The molecule has 7 rings (SSSR count). The number of aromatic nitrogens is 3. The number of aliphatic carboxylic acids is 1. The maximum Gasteiger partial charge on any atom is 0.309 e. The van der Waals surface area contributed by atoms with Crippen molar-refractivity contribution in [3.05, 3.63) is 69.4 Å².